The Labute approximate surface area is 230 Å². The normalized spacial score (nSPS) is 13.6. The van der Waals surface area contributed by atoms with Crippen molar-refractivity contribution in [1.82, 2.24) is 5.32 Å². The Morgan fingerprint density at radius 1 is 0.923 bits per heavy atom. The molecule has 0 atom stereocenters. The largest absolute Gasteiger partial charge is 0.497 e. The van der Waals surface area contributed by atoms with E-state index in [4.69, 9.17) is 9.47 Å². The summed E-state index contributed by atoms with van der Waals surface area (Å²) in [6.07, 6.45) is 3.20. The average Bonchev–Trinajstić information content (AvgIpc) is 2.94. The summed E-state index contributed by atoms with van der Waals surface area (Å²) in [5.41, 5.74) is 3.83. The minimum absolute atomic E-state index is 0.00981. The number of benzene rings is 3. The molecule has 0 radical (unpaired) electrons. The molecule has 3 N–H and O–H groups in total. The highest BCUT2D eigenvalue weighted by Gasteiger charge is 2.24. The van der Waals surface area contributed by atoms with Gasteiger partial charge in [-0.25, -0.2) is 4.79 Å². The zero-order valence-electron chi connectivity index (χ0n) is 23.1. The van der Waals surface area contributed by atoms with E-state index < -0.39 is 6.03 Å². The van der Waals surface area contributed by atoms with Gasteiger partial charge in [0.25, 0.3) is 5.91 Å². The van der Waals surface area contributed by atoms with Gasteiger partial charge in [-0.05, 0) is 74.9 Å². The number of nitrogens with zero attached hydrogens (tertiary/aromatic N) is 1. The predicted octanol–water partition coefficient (Wildman–Crippen LogP) is 5.95. The average molecular weight is 531 g/mol. The lowest BCUT2D eigenvalue weighted by atomic mass is 9.89. The van der Waals surface area contributed by atoms with Crippen molar-refractivity contribution in [3.8, 4) is 11.5 Å². The zero-order valence-corrected chi connectivity index (χ0v) is 23.1. The zero-order chi connectivity index (χ0) is 27.8. The van der Waals surface area contributed by atoms with Crippen LogP contribution in [0.15, 0.2) is 66.7 Å². The molecule has 1 fully saturated rings. The highest BCUT2D eigenvalue weighted by molar-refractivity contribution is 6.04. The van der Waals surface area contributed by atoms with E-state index in [0.717, 1.165) is 38.0 Å². The highest BCUT2D eigenvalue weighted by Crippen LogP contribution is 2.31. The van der Waals surface area contributed by atoms with Gasteiger partial charge in [-0.15, -0.1) is 0 Å². The van der Waals surface area contributed by atoms with Crippen LogP contribution < -0.4 is 30.3 Å². The summed E-state index contributed by atoms with van der Waals surface area (Å²) in [7, 11) is 3.10. The molecular weight excluding hydrogens is 492 g/mol. The van der Waals surface area contributed by atoms with Gasteiger partial charge in [0.15, 0.2) is 0 Å². The fourth-order valence-corrected chi connectivity index (χ4v) is 4.92. The number of anilines is 3. The second-order valence-corrected chi connectivity index (χ2v) is 10.1. The summed E-state index contributed by atoms with van der Waals surface area (Å²) >= 11 is 0. The second kappa shape index (κ2) is 13.0. The van der Waals surface area contributed by atoms with Crippen LogP contribution in [0.3, 0.4) is 0 Å². The molecule has 4 rings (SSSR count). The van der Waals surface area contributed by atoms with E-state index in [0.29, 0.717) is 34.4 Å². The van der Waals surface area contributed by atoms with Gasteiger partial charge in [-0.3, -0.25) is 4.79 Å². The van der Waals surface area contributed by atoms with Crippen LogP contribution in [0.4, 0.5) is 21.9 Å². The molecule has 39 heavy (non-hydrogen) atoms. The molecule has 3 aromatic carbocycles. The molecule has 0 spiro atoms. The van der Waals surface area contributed by atoms with Crippen molar-refractivity contribution in [2.75, 3.05) is 42.8 Å². The number of piperidine rings is 1. The Morgan fingerprint density at radius 3 is 2.33 bits per heavy atom. The monoisotopic (exact) mass is 530 g/mol. The third kappa shape index (κ3) is 7.44. The summed E-state index contributed by atoms with van der Waals surface area (Å²) in [5.74, 6) is 1.56. The lowest BCUT2D eigenvalue weighted by Crippen LogP contribution is -2.37. The first-order valence-corrected chi connectivity index (χ1v) is 13.4. The number of hydrogen-bond donors (Lipinski definition) is 3. The molecule has 3 amide bonds. The number of nitrogens with one attached hydrogen (secondary N) is 3. The summed E-state index contributed by atoms with van der Waals surface area (Å²) < 4.78 is 10.6. The van der Waals surface area contributed by atoms with E-state index in [-0.39, 0.29) is 11.9 Å². The van der Waals surface area contributed by atoms with Crippen LogP contribution in [0, 0.1) is 5.92 Å². The maximum atomic E-state index is 13.2. The molecule has 0 aromatic heterocycles. The Balaban J connectivity index is 1.47. The number of hydrogen-bond acceptors (Lipinski definition) is 5. The van der Waals surface area contributed by atoms with Crippen molar-refractivity contribution in [2.24, 2.45) is 5.92 Å². The van der Waals surface area contributed by atoms with Gasteiger partial charge in [0.2, 0.25) is 0 Å². The minimum Gasteiger partial charge on any atom is -0.497 e. The number of amides is 3. The van der Waals surface area contributed by atoms with Gasteiger partial charge in [0.1, 0.15) is 11.5 Å². The third-order valence-electron chi connectivity index (χ3n) is 6.90. The Morgan fingerprint density at radius 2 is 1.67 bits per heavy atom. The summed E-state index contributed by atoms with van der Waals surface area (Å²) in [4.78, 5) is 28.3. The molecule has 0 bridgehead atoms. The van der Waals surface area contributed by atoms with E-state index in [1.54, 1.807) is 31.4 Å². The van der Waals surface area contributed by atoms with Crippen LogP contribution in [0.1, 0.15) is 42.6 Å². The van der Waals surface area contributed by atoms with E-state index in [9.17, 15) is 9.59 Å². The van der Waals surface area contributed by atoms with Gasteiger partial charge in [0, 0.05) is 36.6 Å². The molecule has 0 aliphatic carbocycles. The number of urea groups is 1. The van der Waals surface area contributed by atoms with Gasteiger partial charge >= 0.3 is 6.03 Å². The molecule has 0 unspecified atom stereocenters. The lowest BCUT2D eigenvalue weighted by molar-refractivity contribution is 0.0943. The molecule has 1 heterocycles. The summed E-state index contributed by atoms with van der Waals surface area (Å²) in [5, 5.41) is 8.66. The van der Waals surface area contributed by atoms with E-state index >= 15 is 0 Å². The minimum atomic E-state index is -0.442. The molecule has 1 aliphatic rings. The first-order valence-electron chi connectivity index (χ1n) is 13.4. The van der Waals surface area contributed by atoms with Gasteiger partial charge in [-0.1, -0.05) is 30.3 Å². The third-order valence-corrected chi connectivity index (χ3v) is 6.90. The number of ether oxygens (including phenoxy) is 2. The predicted molar refractivity (Wildman–Crippen MR) is 156 cm³/mol. The summed E-state index contributed by atoms with van der Waals surface area (Å²) in [6, 6.07) is 20.8. The highest BCUT2D eigenvalue weighted by atomic mass is 16.5. The lowest BCUT2D eigenvalue weighted by Gasteiger charge is -2.35. The van der Waals surface area contributed by atoms with Crippen molar-refractivity contribution in [3.05, 3.63) is 77.9 Å². The molecule has 3 aromatic rings. The maximum Gasteiger partial charge on any atom is 0.323 e. The number of carbonyl (C=O) groups is 2. The van der Waals surface area contributed by atoms with Crippen LogP contribution in [-0.2, 0) is 6.42 Å². The SMILES string of the molecule is COc1ccc(NC(=O)Nc2ccc(N3CCC(Cc4ccccc4)CC3)c(C(=O)NC(C)C)c2)c(OC)c1. The molecule has 0 saturated carbocycles. The van der Waals surface area contributed by atoms with Gasteiger partial charge in [-0.2, -0.15) is 0 Å². The molecular formula is C31H38N4O4. The van der Waals surface area contributed by atoms with Gasteiger partial charge < -0.3 is 30.3 Å². The number of rotatable bonds is 9. The molecule has 8 heteroatoms. The van der Waals surface area contributed by atoms with Crippen LogP contribution >= 0.6 is 0 Å². The van der Waals surface area contributed by atoms with E-state index in [1.165, 1.54) is 12.7 Å². The second-order valence-electron chi connectivity index (χ2n) is 10.1. The van der Waals surface area contributed by atoms with Crippen molar-refractivity contribution in [3.63, 3.8) is 0 Å². The maximum absolute atomic E-state index is 13.2. The van der Waals surface area contributed by atoms with Crippen LogP contribution in [0.25, 0.3) is 0 Å². The first kappa shape index (κ1) is 27.8. The molecule has 1 saturated heterocycles. The van der Waals surface area contributed by atoms with Crippen LogP contribution in [0.5, 0.6) is 11.5 Å². The molecule has 206 valence electrons. The summed E-state index contributed by atoms with van der Waals surface area (Å²) in [6.45, 7) is 5.63. The van der Waals surface area contributed by atoms with E-state index in [2.05, 4.69) is 45.1 Å². The standard InChI is InChI=1S/C31H38N4O4/c1-21(2)32-30(36)26-19-24(33-31(37)34-27-12-11-25(38-3)20-29(27)39-4)10-13-28(26)35-16-14-23(15-17-35)18-22-8-6-5-7-9-22/h5-13,19-21,23H,14-18H2,1-4H3,(H,32,36)(H2,33,34,37). The van der Waals surface area contributed by atoms with Crippen molar-refractivity contribution in [1.29, 1.82) is 0 Å². The van der Waals surface area contributed by atoms with Crippen molar-refractivity contribution in [2.45, 2.75) is 39.2 Å². The smallest absolute Gasteiger partial charge is 0.323 e. The topological polar surface area (TPSA) is 91.9 Å². The Hall–Kier alpha value is -4.20. The fourth-order valence-electron chi connectivity index (χ4n) is 4.92. The van der Waals surface area contributed by atoms with Crippen LogP contribution in [0.2, 0.25) is 0 Å². The van der Waals surface area contributed by atoms with Crippen LogP contribution in [-0.4, -0.2) is 45.3 Å². The molecule has 8 nitrogen and oxygen atoms in total. The molecule has 1 aliphatic heterocycles. The Kier molecular flexibility index (Phi) is 9.31. The van der Waals surface area contributed by atoms with Crippen molar-refractivity contribution >= 4 is 29.0 Å². The van der Waals surface area contributed by atoms with Crippen molar-refractivity contribution < 1.29 is 19.1 Å². The van der Waals surface area contributed by atoms with Gasteiger partial charge in [0.05, 0.1) is 25.5 Å². The fraction of sp³-hybridized carbons (Fsp3) is 0.355. The first-order chi connectivity index (χ1) is 18.9. The quantitative estimate of drug-likeness (QED) is 0.318. The number of carbonyl (C=O) groups excluding carboxylic acids is 2. The Bertz CT molecular complexity index is 1270. The number of methoxy groups -OCH3 is 2. The van der Waals surface area contributed by atoms with E-state index in [1.807, 2.05) is 32.0 Å².